The summed E-state index contributed by atoms with van der Waals surface area (Å²) in [5.41, 5.74) is 5.90. The number of carboxylic acids is 1. The van der Waals surface area contributed by atoms with Crippen LogP contribution in [0.15, 0.2) is 42.5 Å². The molecule has 0 bridgehead atoms. The average molecular weight is 575 g/mol. The first-order chi connectivity index (χ1) is 18.9. The Morgan fingerprint density at radius 3 is 2.48 bits per heavy atom. The van der Waals surface area contributed by atoms with Crippen molar-refractivity contribution in [3.8, 4) is 5.75 Å². The van der Waals surface area contributed by atoms with Gasteiger partial charge in [-0.05, 0) is 35.7 Å². The Morgan fingerprint density at radius 2 is 1.85 bits per heavy atom. The third-order valence-electron chi connectivity index (χ3n) is 6.51. The molecule has 8 N–H and O–H groups in total. The third-order valence-corrected chi connectivity index (χ3v) is 7.48. The number of imide groups is 1. The molecule has 2 atom stereocenters. The van der Waals surface area contributed by atoms with Crippen LogP contribution in [0.4, 0.5) is 9.59 Å². The Morgan fingerprint density at radius 1 is 1.15 bits per heavy atom. The van der Waals surface area contributed by atoms with Gasteiger partial charge in [0.25, 0.3) is 0 Å². The molecule has 2 aromatic carbocycles. The molecule has 15 nitrogen and oxygen atoms in total. The summed E-state index contributed by atoms with van der Waals surface area (Å²) in [5.74, 6) is -3.16. The zero-order valence-corrected chi connectivity index (χ0v) is 21.9. The first kappa shape index (κ1) is 29.0. The number of amides is 5. The van der Waals surface area contributed by atoms with Gasteiger partial charge in [-0.2, -0.15) is 0 Å². The van der Waals surface area contributed by atoms with Gasteiger partial charge in [0.15, 0.2) is 0 Å². The molecule has 1 saturated heterocycles. The van der Waals surface area contributed by atoms with Crippen LogP contribution in [0.5, 0.6) is 5.75 Å². The monoisotopic (exact) mass is 575 g/mol. The van der Waals surface area contributed by atoms with Crippen molar-refractivity contribution in [3.63, 3.8) is 0 Å². The van der Waals surface area contributed by atoms with Crippen molar-refractivity contribution in [1.29, 1.82) is 0 Å². The number of fused-ring (bicyclic) bond motifs is 1. The second-order valence-electron chi connectivity index (χ2n) is 9.15. The van der Waals surface area contributed by atoms with E-state index in [4.69, 9.17) is 10.4 Å². The molecule has 2 aliphatic rings. The minimum absolute atomic E-state index is 0.000168. The molecule has 0 saturated carbocycles. The van der Waals surface area contributed by atoms with Gasteiger partial charge in [0.1, 0.15) is 11.8 Å². The van der Waals surface area contributed by atoms with Crippen molar-refractivity contribution in [1.82, 2.24) is 20.4 Å². The van der Waals surface area contributed by atoms with E-state index in [2.05, 4.69) is 10.6 Å². The van der Waals surface area contributed by atoms with Crippen LogP contribution >= 0.6 is 7.60 Å². The summed E-state index contributed by atoms with van der Waals surface area (Å²) in [5, 5.41) is 24.7. The molecule has 17 heteroatoms. The fourth-order valence-corrected chi connectivity index (χ4v) is 5.02. The molecule has 0 spiro atoms. The van der Waals surface area contributed by atoms with Gasteiger partial charge in [-0.25, -0.2) is 19.3 Å². The summed E-state index contributed by atoms with van der Waals surface area (Å²) in [6.07, 6.45) is -0.000168. The molecule has 0 aliphatic carbocycles. The van der Waals surface area contributed by atoms with Crippen LogP contribution in [-0.2, 0) is 15.8 Å². The van der Waals surface area contributed by atoms with Crippen LogP contribution in [-0.4, -0.2) is 92.9 Å². The number of aromatic carboxylic acids is 1. The number of nitrogens with two attached hydrogens (primary N) is 1. The van der Waals surface area contributed by atoms with Gasteiger partial charge in [-0.15, -0.1) is 0 Å². The Labute approximate surface area is 228 Å². The highest BCUT2D eigenvalue weighted by Gasteiger charge is 2.40. The molecule has 4 rings (SSSR count). The van der Waals surface area contributed by atoms with E-state index in [1.807, 2.05) is 0 Å². The second kappa shape index (κ2) is 11.7. The summed E-state index contributed by atoms with van der Waals surface area (Å²) < 4.78 is 17.0. The number of carbonyl (C=O) groups excluding carboxylic acids is 3. The smallest absolute Gasteiger partial charge is 0.534 e. The van der Waals surface area contributed by atoms with Crippen LogP contribution in [0, 0.1) is 0 Å². The highest BCUT2D eigenvalue weighted by molar-refractivity contribution is 7.60. The summed E-state index contributed by atoms with van der Waals surface area (Å²) >= 11 is 0. The van der Waals surface area contributed by atoms with E-state index >= 15 is 0 Å². The number of benzene rings is 2. The normalized spacial score (nSPS) is 17.6. The lowest BCUT2D eigenvalue weighted by atomic mass is 9.72. The highest BCUT2D eigenvalue weighted by atomic mass is 31.2. The maximum absolute atomic E-state index is 13.5. The number of hydrogen-bond donors (Lipinski definition) is 7. The largest absolute Gasteiger partial charge is 0.547 e. The molecular weight excluding hydrogens is 548 g/mol. The van der Waals surface area contributed by atoms with Crippen molar-refractivity contribution in [2.24, 2.45) is 5.73 Å². The van der Waals surface area contributed by atoms with Gasteiger partial charge in [0, 0.05) is 26.2 Å². The van der Waals surface area contributed by atoms with Crippen LogP contribution in [0.1, 0.15) is 27.5 Å². The number of para-hydroxylation sites is 1. The lowest BCUT2D eigenvalue weighted by molar-refractivity contribution is -0.123. The van der Waals surface area contributed by atoms with Crippen molar-refractivity contribution in [2.45, 2.75) is 18.4 Å². The van der Waals surface area contributed by atoms with E-state index in [0.717, 1.165) is 17.0 Å². The summed E-state index contributed by atoms with van der Waals surface area (Å²) in [6, 6.07) is 6.15. The molecule has 2 aliphatic heterocycles. The van der Waals surface area contributed by atoms with Crippen LogP contribution in [0.2, 0.25) is 0 Å². The van der Waals surface area contributed by atoms with Crippen LogP contribution < -0.4 is 26.3 Å². The molecule has 0 aromatic heterocycles. The fraction of sp³-hybridized carbons (Fsp3) is 0.304. The maximum Gasteiger partial charge on any atom is 0.547 e. The van der Waals surface area contributed by atoms with Crippen molar-refractivity contribution >= 4 is 44.0 Å². The van der Waals surface area contributed by atoms with Crippen LogP contribution in [0.25, 0.3) is 0 Å². The Bertz CT molecular complexity index is 1370. The molecule has 40 heavy (non-hydrogen) atoms. The molecular formula is C23H27BN5O10P. The Hall–Kier alpha value is -3.95. The average Bonchev–Trinajstić information content (AvgIpc) is 3.26. The van der Waals surface area contributed by atoms with E-state index in [1.165, 1.54) is 29.2 Å². The fourth-order valence-electron chi connectivity index (χ4n) is 4.48. The van der Waals surface area contributed by atoms with E-state index in [9.17, 15) is 43.7 Å². The number of urea groups is 2. The van der Waals surface area contributed by atoms with Gasteiger partial charge in [0.2, 0.25) is 5.91 Å². The topological polar surface area (TPSA) is 232 Å². The first-order valence-electron chi connectivity index (χ1n) is 12.1. The molecule has 1 fully saturated rings. The summed E-state index contributed by atoms with van der Waals surface area (Å²) in [6.45, 7) is 0.733. The van der Waals surface area contributed by atoms with Crippen LogP contribution in [0.3, 0.4) is 0 Å². The van der Waals surface area contributed by atoms with Gasteiger partial charge in [-0.1, -0.05) is 24.3 Å². The van der Waals surface area contributed by atoms with Gasteiger partial charge < -0.3 is 45.8 Å². The highest BCUT2D eigenvalue weighted by Crippen LogP contribution is 2.33. The van der Waals surface area contributed by atoms with Gasteiger partial charge in [-0.3, -0.25) is 9.36 Å². The second-order valence-corrected chi connectivity index (χ2v) is 10.8. The number of nitrogens with zero attached hydrogens (tertiary/aromatic N) is 2. The predicted molar refractivity (Wildman–Crippen MR) is 140 cm³/mol. The summed E-state index contributed by atoms with van der Waals surface area (Å²) in [7, 11) is -6.22. The standard InChI is InChI=1S/C23H27BN5O10P/c25-8-9-28-10-11-29(23(28)34)22(33)27-18(13-4-6-15(7-5-13)40(36,37)38)20(30)26-17-12-14-2-1-3-16(21(31)32)19(14)39-24(17)35/h1-7,17-18,35H,8-12,25H2,(H,26,30)(H,27,33)(H,31,32)(H2,36,37,38)/t17-,18?/m0/s1. The van der Waals surface area contributed by atoms with E-state index in [0.29, 0.717) is 5.56 Å². The quantitative estimate of drug-likeness (QED) is 0.146. The zero-order valence-electron chi connectivity index (χ0n) is 21.0. The number of hydrogen-bond acceptors (Lipinski definition) is 8. The number of carbonyl (C=O) groups is 4. The molecule has 1 unspecified atom stereocenters. The SMILES string of the molecule is NCCN1CCN(C(=O)NC(C(=O)N[C@H]2Cc3cccc(C(=O)O)c3OB2O)c2ccc(P(=O)(O)O)cc2)C1=O. The minimum atomic E-state index is -4.59. The lowest BCUT2D eigenvalue weighted by Crippen LogP contribution is -2.56. The molecule has 2 aromatic rings. The number of carboxylic acid groups (broad SMARTS) is 1. The number of rotatable bonds is 8. The molecule has 5 amide bonds. The Kier molecular flexibility index (Phi) is 8.47. The molecule has 212 valence electrons. The van der Waals surface area contributed by atoms with Crippen molar-refractivity contribution in [2.75, 3.05) is 26.2 Å². The maximum atomic E-state index is 13.5. The van der Waals surface area contributed by atoms with Crippen molar-refractivity contribution < 1.29 is 48.3 Å². The van der Waals surface area contributed by atoms with Crippen molar-refractivity contribution in [3.05, 3.63) is 59.2 Å². The predicted octanol–water partition coefficient (Wildman–Crippen LogP) is -1.23. The minimum Gasteiger partial charge on any atom is -0.534 e. The van der Waals surface area contributed by atoms with Gasteiger partial charge in [0.05, 0.1) is 16.8 Å². The Balaban J connectivity index is 1.57. The first-order valence-corrected chi connectivity index (χ1v) is 13.7. The molecule has 2 heterocycles. The van der Waals surface area contributed by atoms with E-state index in [1.54, 1.807) is 6.07 Å². The lowest BCUT2D eigenvalue weighted by Gasteiger charge is -2.30. The van der Waals surface area contributed by atoms with E-state index < -0.39 is 50.6 Å². The third kappa shape index (κ3) is 6.11. The van der Waals surface area contributed by atoms with Gasteiger partial charge >= 0.3 is 32.7 Å². The molecule has 0 radical (unpaired) electrons. The number of nitrogens with one attached hydrogen (secondary N) is 2. The van der Waals surface area contributed by atoms with E-state index in [-0.39, 0.29) is 54.8 Å². The zero-order chi connectivity index (χ0) is 29.2. The summed E-state index contributed by atoms with van der Waals surface area (Å²) in [4.78, 5) is 71.7.